The molecule has 1 aromatic carbocycles. The number of pyridine rings is 1. The number of benzene rings is 1. The van der Waals surface area contributed by atoms with Crippen molar-refractivity contribution in [1.82, 2.24) is 4.98 Å². The van der Waals surface area contributed by atoms with Gasteiger partial charge in [-0.05, 0) is 24.0 Å². The van der Waals surface area contributed by atoms with Crippen molar-refractivity contribution in [2.45, 2.75) is 39.5 Å². The number of anilines is 1. The van der Waals surface area contributed by atoms with E-state index in [1.54, 1.807) is 0 Å². The summed E-state index contributed by atoms with van der Waals surface area (Å²) in [6.07, 6.45) is 0.978. The van der Waals surface area contributed by atoms with Crippen LogP contribution in [-0.2, 0) is 5.41 Å². The molecule has 1 aromatic heterocycles. The fourth-order valence-electron chi connectivity index (χ4n) is 2.11. The number of hydrogen-bond donors (Lipinski definition) is 1. The summed E-state index contributed by atoms with van der Waals surface area (Å²) < 4.78 is 5.73. The van der Waals surface area contributed by atoms with Gasteiger partial charge >= 0.3 is 0 Å². The van der Waals surface area contributed by atoms with E-state index in [2.05, 4.69) is 44.8 Å². The Morgan fingerprint density at radius 2 is 2.00 bits per heavy atom. The molecule has 0 atom stereocenters. The zero-order valence-electron chi connectivity index (χ0n) is 12.2. The summed E-state index contributed by atoms with van der Waals surface area (Å²) in [6.45, 7) is 9.21. The highest BCUT2D eigenvalue weighted by Crippen LogP contribution is 2.32. The molecule has 0 saturated carbocycles. The van der Waals surface area contributed by atoms with Crippen LogP contribution in [-0.4, -0.2) is 11.6 Å². The maximum atomic E-state index is 6.10. The van der Waals surface area contributed by atoms with Gasteiger partial charge in [-0.15, -0.1) is 0 Å². The number of para-hydroxylation sites is 1. The van der Waals surface area contributed by atoms with E-state index in [0.717, 1.165) is 28.6 Å². The Morgan fingerprint density at radius 3 is 2.63 bits per heavy atom. The molecule has 0 amide bonds. The number of hydrogen-bond acceptors (Lipinski definition) is 3. The van der Waals surface area contributed by atoms with Crippen LogP contribution in [0.5, 0.6) is 5.75 Å². The van der Waals surface area contributed by atoms with Crippen LogP contribution in [0, 0.1) is 0 Å². The average molecular weight is 258 g/mol. The number of aromatic nitrogens is 1. The quantitative estimate of drug-likeness (QED) is 0.908. The lowest BCUT2D eigenvalue weighted by Gasteiger charge is -2.21. The van der Waals surface area contributed by atoms with Crippen LogP contribution in [0.1, 0.15) is 39.7 Å². The number of fused-ring (bicyclic) bond motifs is 1. The fourth-order valence-corrected chi connectivity index (χ4v) is 2.11. The summed E-state index contributed by atoms with van der Waals surface area (Å²) in [5.41, 5.74) is 8.02. The molecule has 1 heterocycles. The Hall–Kier alpha value is -1.77. The minimum Gasteiger partial charge on any atom is -0.491 e. The van der Waals surface area contributed by atoms with Gasteiger partial charge in [-0.3, -0.25) is 0 Å². The number of nitrogens with two attached hydrogens (primary N) is 1. The summed E-state index contributed by atoms with van der Waals surface area (Å²) in [7, 11) is 0. The molecule has 0 bridgehead atoms. The predicted molar refractivity (Wildman–Crippen MR) is 80.6 cm³/mol. The molecular weight excluding hydrogens is 236 g/mol. The summed E-state index contributed by atoms with van der Waals surface area (Å²) >= 11 is 0. The predicted octanol–water partition coefficient (Wildman–Crippen LogP) is 3.90. The van der Waals surface area contributed by atoms with Gasteiger partial charge in [0.2, 0.25) is 0 Å². The number of ether oxygens (including phenoxy) is 1. The third-order valence-corrected chi connectivity index (χ3v) is 3.11. The number of nitrogens with zero attached hydrogens (tertiary/aromatic N) is 1. The Morgan fingerprint density at radius 1 is 1.26 bits per heavy atom. The Bertz CT molecular complexity index is 585. The highest BCUT2D eigenvalue weighted by molar-refractivity contribution is 5.87. The smallest absolute Gasteiger partial charge is 0.145 e. The fraction of sp³-hybridized carbons (Fsp3) is 0.438. The van der Waals surface area contributed by atoms with Crippen LogP contribution < -0.4 is 10.5 Å². The topological polar surface area (TPSA) is 48.1 Å². The number of rotatable bonds is 3. The SMILES string of the molecule is CCCOc1cccc2cc(C(C)(C)C)c(N)nc12. The molecule has 19 heavy (non-hydrogen) atoms. The lowest BCUT2D eigenvalue weighted by molar-refractivity contribution is 0.320. The molecule has 0 unspecified atom stereocenters. The Kier molecular flexibility index (Phi) is 3.65. The van der Waals surface area contributed by atoms with Crippen molar-refractivity contribution in [3.8, 4) is 5.75 Å². The molecule has 102 valence electrons. The lowest BCUT2D eigenvalue weighted by atomic mass is 9.86. The largest absolute Gasteiger partial charge is 0.491 e. The molecule has 0 fully saturated rings. The van der Waals surface area contributed by atoms with Crippen molar-refractivity contribution in [3.63, 3.8) is 0 Å². The molecule has 0 aliphatic carbocycles. The summed E-state index contributed by atoms with van der Waals surface area (Å²) in [5, 5.41) is 1.08. The first-order valence-corrected chi connectivity index (χ1v) is 6.76. The molecule has 0 spiro atoms. The molecule has 0 aliphatic rings. The van der Waals surface area contributed by atoms with Gasteiger partial charge in [0.05, 0.1) is 6.61 Å². The minimum atomic E-state index is -0.00838. The van der Waals surface area contributed by atoms with Gasteiger partial charge in [0, 0.05) is 10.9 Å². The third kappa shape index (κ3) is 2.80. The minimum absolute atomic E-state index is 0.00838. The van der Waals surface area contributed by atoms with Crippen LogP contribution >= 0.6 is 0 Å². The van der Waals surface area contributed by atoms with Gasteiger partial charge in [0.15, 0.2) is 0 Å². The van der Waals surface area contributed by atoms with Crippen LogP contribution in [0.4, 0.5) is 5.82 Å². The van der Waals surface area contributed by atoms with E-state index in [-0.39, 0.29) is 5.41 Å². The van der Waals surface area contributed by atoms with E-state index < -0.39 is 0 Å². The molecule has 3 nitrogen and oxygen atoms in total. The van der Waals surface area contributed by atoms with Crippen molar-refractivity contribution < 1.29 is 4.74 Å². The van der Waals surface area contributed by atoms with Gasteiger partial charge in [0.1, 0.15) is 17.1 Å². The van der Waals surface area contributed by atoms with Crippen molar-refractivity contribution in [2.75, 3.05) is 12.3 Å². The number of nitrogen functional groups attached to an aromatic ring is 1. The van der Waals surface area contributed by atoms with Crippen molar-refractivity contribution in [2.24, 2.45) is 0 Å². The van der Waals surface area contributed by atoms with Gasteiger partial charge in [0.25, 0.3) is 0 Å². The zero-order valence-corrected chi connectivity index (χ0v) is 12.2. The standard InChI is InChI=1S/C16H22N2O/c1-5-9-19-13-8-6-7-11-10-12(16(2,3)4)15(17)18-14(11)13/h6-8,10H,5,9H2,1-4H3,(H2,17,18). The first-order valence-electron chi connectivity index (χ1n) is 6.76. The first-order chi connectivity index (χ1) is 8.93. The molecule has 0 aliphatic heterocycles. The van der Waals surface area contributed by atoms with E-state index in [9.17, 15) is 0 Å². The summed E-state index contributed by atoms with van der Waals surface area (Å²) in [6, 6.07) is 8.12. The van der Waals surface area contributed by atoms with Crippen molar-refractivity contribution >= 4 is 16.7 Å². The van der Waals surface area contributed by atoms with Gasteiger partial charge in [-0.2, -0.15) is 0 Å². The monoisotopic (exact) mass is 258 g/mol. The maximum Gasteiger partial charge on any atom is 0.145 e. The molecule has 2 aromatic rings. The Labute approximate surface area is 114 Å². The van der Waals surface area contributed by atoms with E-state index in [0.29, 0.717) is 12.4 Å². The van der Waals surface area contributed by atoms with Crippen LogP contribution in [0.15, 0.2) is 24.3 Å². The highest BCUT2D eigenvalue weighted by atomic mass is 16.5. The summed E-state index contributed by atoms with van der Waals surface area (Å²) in [4.78, 5) is 4.55. The first kappa shape index (κ1) is 13.7. The second kappa shape index (κ2) is 5.08. The molecule has 0 saturated heterocycles. The van der Waals surface area contributed by atoms with Crippen molar-refractivity contribution in [1.29, 1.82) is 0 Å². The second-order valence-electron chi connectivity index (χ2n) is 5.85. The second-order valence-corrected chi connectivity index (χ2v) is 5.85. The third-order valence-electron chi connectivity index (χ3n) is 3.11. The average Bonchev–Trinajstić information content (AvgIpc) is 2.34. The molecule has 2 rings (SSSR count). The van der Waals surface area contributed by atoms with Crippen LogP contribution in [0.2, 0.25) is 0 Å². The van der Waals surface area contributed by atoms with Gasteiger partial charge < -0.3 is 10.5 Å². The zero-order chi connectivity index (χ0) is 14.0. The molecular formula is C16H22N2O. The van der Waals surface area contributed by atoms with E-state index in [4.69, 9.17) is 10.5 Å². The molecule has 2 N–H and O–H groups in total. The molecule has 0 radical (unpaired) electrons. The summed E-state index contributed by atoms with van der Waals surface area (Å²) in [5.74, 6) is 1.40. The van der Waals surface area contributed by atoms with Crippen LogP contribution in [0.3, 0.4) is 0 Å². The van der Waals surface area contributed by atoms with Crippen molar-refractivity contribution in [3.05, 3.63) is 29.8 Å². The lowest BCUT2D eigenvalue weighted by Crippen LogP contribution is -2.15. The maximum absolute atomic E-state index is 6.10. The normalized spacial score (nSPS) is 11.8. The van der Waals surface area contributed by atoms with E-state index >= 15 is 0 Å². The highest BCUT2D eigenvalue weighted by Gasteiger charge is 2.19. The van der Waals surface area contributed by atoms with Gasteiger partial charge in [-0.1, -0.05) is 39.8 Å². The van der Waals surface area contributed by atoms with Gasteiger partial charge in [-0.25, -0.2) is 4.98 Å². The molecule has 3 heteroatoms. The Balaban J connectivity index is 2.57. The van der Waals surface area contributed by atoms with E-state index in [1.165, 1.54) is 0 Å². The van der Waals surface area contributed by atoms with E-state index in [1.807, 2.05) is 12.1 Å². The van der Waals surface area contributed by atoms with Crippen LogP contribution in [0.25, 0.3) is 10.9 Å².